The minimum atomic E-state index is -4.04. The van der Waals surface area contributed by atoms with Gasteiger partial charge in [0.2, 0.25) is 17.8 Å². The number of alkyl carbamates (subject to hydrolysis) is 1. The van der Waals surface area contributed by atoms with Gasteiger partial charge in [-0.05, 0) is 101 Å². The summed E-state index contributed by atoms with van der Waals surface area (Å²) >= 11 is 0. The summed E-state index contributed by atoms with van der Waals surface area (Å²) in [5.41, 5.74) is 8.58. The lowest BCUT2D eigenvalue weighted by atomic mass is 9.84. The number of aryl methyl sites for hydroxylation is 1. The molecule has 2 amide bonds. The number of amides is 2. The van der Waals surface area contributed by atoms with Crippen molar-refractivity contribution >= 4 is 39.9 Å². The van der Waals surface area contributed by atoms with E-state index in [0.29, 0.717) is 48.2 Å². The van der Waals surface area contributed by atoms with E-state index in [1.807, 2.05) is 60.7 Å². The molecule has 4 N–H and O–H groups in total. The number of methoxy groups -OCH3 is 1. The maximum absolute atomic E-state index is 14.7. The molecule has 0 aliphatic carbocycles. The lowest BCUT2D eigenvalue weighted by Crippen LogP contribution is -2.55. The van der Waals surface area contributed by atoms with Gasteiger partial charge in [0.15, 0.2) is 6.04 Å². The number of ether oxygens (including phenoxy) is 3. The van der Waals surface area contributed by atoms with Crippen molar-refractivity contribution in [3.63, 3.8) is 0 Å². The second-order valence-electron chi connectivity index (χ2n) is 15.0. The highest BCUT2D eigenvalue weighted by molar-refractivity contribution is 7.90. The van der Waals surface area contributed by atoms with E-state index in [1.165, 1.54) is 7.11 Å². The van der Waals surface area contributed by atoms with Crippen LogP contribution in [0.1, 0.15) is 80.2 Å². The summed E-state index contributed by atoms with van der Waals surface area (Å²) in [7, 11) is -2.51. The van der Waals surface area contributed by atoms with Gasteiger partial charge in [-0.3, -0.25) is 9.79 Å². The van der Waals surface area contributed by atoms with Crippen molar-refractivity contribution in [2.24, 2.45) is 15.7 Å². The van der Waals surface area contributed by atoms with Crippen LogP contribution >= 0.6 is 0 Å². The van der Waals surface area contributed by atoms with Crippen LogP contribution in [0, 0.1) is 20.8 Å². The lowest BCUT2D eigenvalue weighted by Gasteiger charge is -2.34. The van der Waals surface area contributed by atoms with Gasteiger partial charge in [0.25, 0.3) is 10.0 Å². The van der Waals surface area contributed by atoms with Crippen molar-refractivity contribution in [2.75, 3.05) is 20.2 Å². The molecule has 0 spiro atoms. The van der Waals surface area contributed by atoms with E-state index >= 15 is 0 Å². The largest absolute Gasteiger partial charge is 0.496 e. The number of carbonyl (C=O) groups is 3. The third-order valence-electron chi connectivity index (χ3n) is 9.79. The molecule has 5 rings (SSSR count). The first-order valence-corrected chi connectivity index (χ1v) is 20.2. The molecule has 3 atom stereocenters. The predicted molar refractivity (Wildman–Crippen MR) is 213 cm³/mol. The number of cyclic esters (lactones) is 1. The molecule has 2 aliphatic rings. The fourth-order valence-electron chi connectivity index (χ4n) is 7.18. The highest BCUT2D eigenvalue weighted by Crippen LogP contribution is 2.33. The summed E-state index contributed by atoms with van der Waals surface area (Å²) in [5, 5.41) is 2.88. The summed E-state index contributed by atoms with van der Waals surface area (Å²) in [6.45, 7) is 10.9. The SMILES string of the molecule is COc1cc(C)c(S(=O)(=O)NC(N)=NCCC[C@@H]2N=C([C@@H]3CCCN3C(=O)C(NC(=O)OC(C)(C)C)C(c3ccccc3)c3ccccc3)OC2=O)c(C)c1C. The molecular weight excluding hydrogens is 737 g/mol. The molecule has 0 radical (unpaired) electrons. The maximum atomic E-state index is 14.7. The Morgan fingerprint density at radius 1 is 1.04 bits per heavy atom. The Bertz CT molecular complexity index is 2040. The van der Waals surface area contributed by atoms with Crippen LogP contribution in [-0.2, 0) is 29.1 Å². The number of nitrogens with one attached hydrogen (secondary N) is 2. The topological polar surface area (TPSA) is 191 Å². The monoisotopic (exact) mass is 788 g/mol. The molecule has 0 saturated carbocycles. The zero-order valence-electron chi connectivity index (χ0n) is 33.0. The van der Waals surface area contributed by atoms with Crippen LogP contribution in [0.4, 0.5) is 4.79 Å². The zero-order chi connectivity index (χ0) is 40.8. The van der Waals surface area contributed by atoms with E-state index in [-0.39, 0.29) is 35.6 Å². The van der Waals surface area contributed by atoms with Gasteiger partial charge in [-0.25, -0.2) is 27.7 Å². The summed E-state index contributed by atoms with van der Waals surface area (Å²) < 4.78 is 45.5. The van der Waals surface area contributed by atoms with E-state index in [1.54, 1.807) is 52.5 Å². The molecule has 2 aliphatic heterocycles. The Balaban J connectivity index is 1.30. The molecule has 1 unspecified atom stereocenters. The molecule has 56 heavy (non-hydrogen) atoms. The lowest BCUT2D eigenvalue weighted by molar-refractivity contribution is -0.137. The number of likely N-dealkylation sites (tertiary alicyclic amines) is 1. The molecule has 1 fully saturated rings. The smallest absolute Gasteiger partial charge is 0.408 e. The number of benzene rings is 3. The predicted octanol–water partition coefficient (Wildman–Crippen LogP) is 5.03. The number of esters is 1. The van der Waals surface area contributed by atoms with Crippen molar-refractivity contribution in [2.45, 2.75) is 102 Å². The second-order valence-corrected chi connectivity index (χ2v) is 16.6. The van der Waals surface area contributed by atoms with E-state index in [4.69, 9.17) is 19.9 Å². The molecule has 0 bridgehead atoms. The van der Waals surface area contributed by atoms with E-state index < -0.39 is 51.7 Å². The number of carbonyl (C=O) groups excluding carboxylic acids is 3. The van der Waals surface area contributed by atoms with Crippen LogP contribution in [0.15, 0.2) is 81.6 Å². The summed E-state index contributed by atoms with van der Waals surface area (Å²) in [5.74, 6) is -1.02. The third kappa shape index (κ3) is 9.86. The number of hydrogen-bond acceptors (Lipinski definition) is 10. The second kappa shape index (κ2) is 17.6. The summed E-state index contributed by atoms with van der Waals surface area (Å²) in [6, 6.07) is 18.1. The molecule has 3 aromatic carbocycles. The molecule has 3 aromatic rings. The quantitative estimate of drug-likeness (QED) is 0.0923. The number of rotatable bonds is 13. The Morgan fingerprint density at radius 3 is 2.25 bits per heavy atom. The van der Waals surface area contributed by atoms with Crippen LogP contribution in [0.3, 0.4) is 0 Å². The van der Waals surface area contributed by atoms with Gasteiger partial charge in [0, 0.05) is 19.0 Å². The fourth-order valence-corrected chi connectivity index (χ4v) is 8.66. The van der Waals surface area contributed by atoms with Crippen molar-refractivity contribution < 1.29 is 37.0 Å². The van der Waals surface area contributed by atoms with Gasteiger partial charge in [-0.2, -0.15) is 0 Å². The Kier molecular flexibility index (Phi) is 13.1. The molecule has 14 nitrogen and oxygen atoms in total. The molecule has 1 saturated heterocycles. The molecule has 300 valence electrons. The molecule has 2 heterocycles. The van der Waals surface area contributed by atoms with Crippen molar-refractivity contribution in [1.82, 2.24) is 14.9 Å². The minimum Gasteiger partial charge on any atom is -0.496 e. The zero-order valence-corrected chi connectivity index (χ0v) is 33.8. The van der Waals surface area contributed by atoms with Gasteiger partial charge >= 0.3 is 12.1 Å². The van der Waals surface area contributed by atoms with Gasteiger partial charge in [0.1, 0.15) is 23.4 Å². The minimum absolute atomic E-state index is 0.103. The fraction of sp³-hybridized carbons (Fsp3) is 0.439. The number of hydrogen-bond donors (Lipinski definition) is 3. The van der Waals surface area contributed by atoms with Crippen LogP contribution in [0.5, 0.6) is 5.75 Å². The first-order chi connectivity index (χ1) is 26.5. The van der Waals surface area contributed by atoms with Gasteiger partial charge < -0.3 is 30.2 Å². The van der Waals surface area contributed by atoms with Gasteiger partial charge in [-0.15, -0.1) is 0 Å². The Hall–Kier alpha value is -5.44. The van der Waals surface area contributed by atoms with Gasteiger partial charge in [0.05, 0.1) is 12.0 Å². The van der Waals surface area contributed by atoms with Crippen molar-refractivity contribution in [3.05, 3.63) is 94.5 Å². The number of aliphatic imine (C=N–C) groups is 2. The molecular formula is C41H52N6O8S. The van der Waals surface area contributed by atoms with Crippen LogP contribution < -0.4 is 20.5 Å². The summed E-state index contributed by atoms with van der Waals surface area (Å²) in [6.07, 6.45) is 1.03. The highest BCUT2D eigenvalue weighted by atomic mass is 32.2. The van der Waals surface area contributed by atoms with E-state index in [2.05, 4.69) is 20.0 Å². The number of sulfonamides is 1. The average molecular weight is 789 g/mol. The first kappa shape index (κ1) is 41.7. The van der Waals surface area contributed by atoms with Crippen molar-refractivity contribution in [1.29, 1.82) is 0 Å². The first-order valence-electron chi connectivity index (χ1n) is 18.7. The molecule has 0 aromatic heterocycles. The number of nitrogens with zero attached hydrogens (tertiary/aromatic N) is 3. The molecule has 15 heteroatoms. The van der Waals surface area contributed by atoms with Crippen LogP contribution in [0.25, 0.3) is 0 Å². The van der Waals surface area contributed by atoms with Crippen LogP contribution in [0.2, 0.25) is 0 Å². The third-order valence-corrected chi connectivity index (χ3v) is 11.4. The maximum Gasteiger partial charge on any atom is 0.408 e. The normalized spacial score (nSPS) is 18.0. The standard InChI is InChI=1S/C41H52N6O8S/c1-25-24-32(53-7)26(2)27(3)35(25)56(51,52)46-39(42)43-22-14-20-30-38(49)54-36(44-30)31-21-15-23-47(31)37(48)34(45-40(50)55-41(4,5)6)33(28-16-10-8-11-17-28)29-18-12-9-13-19-29/h8-13,16-19,24,30-31,33-34H,14-15,20-23H2,1-7H3,(H,45,50)(H3,42,43,46)/t30-,31-,34?/m0/s1. The van der Waals surface area contributed by atoms with Crippen molar-refractivity contribution in [3.8, 4) is 5.75 Å². The summed E-state index contributed by atoms with van der Waals surface area (Å²) in [4.78, 5) is 51.5. The van der Waals surface area contributed by atoms with E-state index in [0.717, 1.165) is 11.1 Å². The average Bonchev–Trinajstić information content (AvgIpc) is 3.77. The highest BCUT2D eigenvalue weighted by Gasteiger charge is 2.44. The van der Waals surface area contributed by atoms with E-state index in [9.17, 15) is 22.8 Å². The Labute approximate surface area is 329 Å². The number of nitrogens with two attached hydrogens (primary N) is 1. The Morgan fingerprint density at radius 2 is 1.66 bits per heavy atom. The number of guanidine groups is 1. The van der Waals surface area contributed by atoms with Crippen LogP contribution in [-0.4, -0.2) is 87.1 Å². The van der Waals surface area contributed by atoms with Gasteiger partial charge in [-0.1, -0.05) is 60.7 Å².